The van der Waals surface area contributed by atoms with E-state index in [1.54, 1.807) is 62.4 Å². The van der Waals surface area contributed by atoms with Gasteiger partial charge in [-0.3, -0.25) is 4.79 Å². The van der Waals surface area contributed by atoms with Gasteiger partial charge in [-0.25, -0.2) is 4.79 Å². The van der Waals surface area contributed by atoms with E-state index >= 15 is 0 Å². The van der Waals surface area contributed by atoms with Gasteiger partial charge in [0.15, 0.2) is 12.4 Å². The van der Waals surface area contributed by atoms with Crippen molar-refractivity contribution in [2.45, 2.75) is 94.0 Å². The van der Waals surface area contributed by atoms with Gasteiger partial charge < -0.3 is 64.4 Å². The highest BCUT2D eigenvalue weighted by molar-refractivity contribution is 5.81. The molecule has 3 aromatic rings. The minimum absolute atomic E-state index is 0.112. The number of aliphatic carboxylic acids is 1. The van der Waals surface area contributed by atoms with E-state index in [1.807, 2.05) is 31.2 Å². The number of amides is 1. The minimum Gasteiger partial charge on any atom is -0.497 e. The zero-order valence-electron chi connectivity index (χ0n) is 30.6. The van der Waals surface area contributed by atoms with E-state index in [-0.39, 0.29) is 6.42 Å². The van der Waals surface area contributed by atoms with Crippen LogP contribution in [0.25, 0.3) is 0 Å². The number of hydrogen-bond donors (Lipinski definition) is 7. The first kappa shape index (κ1) is 41.0. The summed E-state index contributed by atoms with van der Waals surface area (Å²) in [4.78, 5) is 26.5. The molecule has 0 bridgehead atoms. The normalized spacial score (nSPS) is 30.1. The van der Waals surface area contributed by atoms with Crippen LogP contribution in [0.5, 0.6) is 17.2 Å². The third-order valence-corrected chi connectivity index (χ3v) is 10.1. The van der Waals surface area contributed by atoms with Crippen molar-refractivity contribution in [2.24, 2.45) is 5.92 Å². The van der Waals surface area contributed by atoms with E-state index in [9.17, 15) is 40.2 Å². The smallest absolute Gasteiger partial charge is 0.335 e. The number of carboxylic acid groups (broad SMARTS) is 1. The highest BCUT2D eigenvalue weighted by Crippen LogP contribution is 2.41. The number of aryl methyl sites for hydroxylation is 1. The second kappa shape index (κ2) is 17.5. The van der Waals surface area contributed by atoms with Crippen molar-refractivity contribution in [2.75, 3.05) is 20.8 Å². The van der Waals surface area contributed by atoms with Gasteiger partial charge in [0.2, 0.25) is 5.91 Å². The van der Waals surface area contributed by atoms with E-state index in [0.717, 1.165) is 12.7 Å². The number of rotatable bonds is 14. The molecule has 15 nitrogen and oxygen atoms in total. The summed E-state index contributed by atoms with van der Waals surface area (Å²) < 4.78 is 33.7. The molecule has 2 fully saturated rings. The van der Waals surface area contributed by atoms with Gasteiger partial charge >= 0.3 is 5.97 Å². The molecule has 294 valence electrons. The fourth-order valence-electron chi connectivity index (χ4n) is 7.08. The number of nitrogens with one attached hydrogen (secondary N) is 1. The topological polar surface area (TPSA) is 223 Å². The van der Waals surface area contributed by atoms with E-state index < -0.39 is 91.2 Å². The molecule has 2 aliphatic rings. The first-order valence-electron chi connectivity index (χ1n) is 17.7. The van der Waals surface area contributed by atoms with E-state index in [0.29, 0.717) is 28.4 Å². The van der Waals surface area contributed by atoms with Gasteiger partial charge in [0.1, 0.15) is 59.5 Å². The van der Waals surface area contributed by atoms with Gasteiger partial charge in [0.25, 0.3) is 0 Å². The predicted octanol–water partition coefficient (Wildman–Crippen LogP) is 1.61. The number of benzene rings is 3. The van der Waals surface area contributed by atoms with Crippen LogP contribution in [-0.4, -0.2) is 125 Å². The third kappa shape index (κ3) is 8.39. The van der Waals surface area contributed by atoms with Crippen molar-refractivity contribution in [3.8, 4) is 17.2 Å². The highest BCUT2D eigenvalue weighted by Gasteiger charge is 2.53. The quantitative estimate of drug-likeness (QED) is 0.124. The fraction of sp³-hybridized carbons (Fsp3) is 0.487. The summed E-state index contributed by atoms with van der Waals surface area (Å²) in [7, 11) is 2.65. The van der Waals surface area contributed by atoms with Crippen LogP contribution in [0, 0.1) is 12.8 Å². The lowest BCUT2D eigenvalue weighted by molar-refractivity contribution is -0.327. The van der Waals surface area contributed by atoms with Crippen molar-refractivity contribution in [3.63, 3.8) is 0 Å². The standard InChI is InChI=1S/C39H49NO14/c1-6-27(39(48,22-9-15-24(49-4)16-10-22)23-11-17-26(18-12-23)52-25-13-7-20(2)8-14-25)36(45)40-29-21(3)51-28(19-41)30(42)33(29)53-38-32(44)31(43)34(50-5)35(54-38)37(46)47/h7-18,21,27-35,38,41-44,48H,6,19H2,1-5H3,(H,40,45)(H,46,47)/t21-,27?,28?,29?,30+,31+,32?,33+,34-,35?,38+,39?/m0/s1. The molecule has 6 unspecified atom stereocenters. The molecule has 0 saturated carbocycles. The molecule has 0 radical (unpaired) electrons. The second-order valence-electron chi connectivity index (χ2n) is 13.5. The molecule has 2 aliphatic heterocycles. The summed E-state index contributed by atoms with van der Waals surface area (Å²) in [5, 5.41) is 68.2. The van der Waals surface area contributed by atoms with Crippen molar-refractivity contribution in [1.29, 1.82) is 0 Å². The average molecular weight is 756 g/mol. The number of aliphatic hydroxyl groups is 5. The summed E-state index contributed by atoms with van der Waals surface area (Å²) in [6.07, 6.45) is -13.7. The number of aliphatic hydroxyl groups excluding tert-OH is 4. The minimum atomic E-state index is -1.94. The molecular weight excluding hydrogens is 706 g/mol. The van der Waals surface area contributed by atoms with Crippen LogP contribution in [0.3, 0.4) is 0 Å². The SMILES string of the molecule is CCC(C(=O)NC1[C@H](C)OC(CO)[C@@H](O)[C@@H]1O[C@@H]1OC(C(=O)O)[C@@H](OC)[C@H](O)C1O)C(O)(c1ccc(OC)cc1)c1ccc(Oc2ccc(C)cc2)cc1. The number of carbonyl (C=O) groups excluding carboxylic acids is 1. The fourth-order valence-corrected chi connectivity index (χ4v) is 7.08. The summed E-state index contributed by atoms with van der Waals surface area (Å²) in [6.45, 7) is 4.61. The van der Waals surface area contributed by atoms with Crippen LogP contribution in [-0.2, 0) is 34.1 Å². The van der Waals surface area contributed by atoms with Crippen LogP contribution in [0.15, 0.2) is 72.8 Å². The molecule has 0 aromatic heterocycles. The maximum absolute atomic E-state index is 14.5. The summed E-state index contributed by atoms with van der Waals surface area (Å²) >= 11 is 0. The average Bonchev–Trinajstić information content (AvgIpc) is 3.17. The number of carboxylic acids is 1. The van der Waals surface area contributed by atoms with Gasteiger partial charge in [0, 0.05) is 7.11 Å². The Labute approximate surface area is 313 Å². The predicted molar refractivity (Wildman–Crippen MR) is 191 cm³/mol. The van der Waals surface area contributed by atoms with Crippen molar-refractivity contribution >= 4 is 11.9 Å². The molecular formula is C39H49NO14. The Hall–Kier alpha value is -4.16. The van der Waals surface area contributed by atoms with Crippen molar-refractivity contribution in [3.05, 3.63) is 89.5 Å². The summed E-state index contributed by atoms with van der Waals surface area (Å²) in [6, 6.07) is 19.6. The molecule has 5 rings (SSSR count). The maximum atomic E-state index is 14.5. The van der Waals surface area contributed by atoms with E-state index in [4.69, 9.17) is 28.4 Å². The number of hydrogen-bond acceptors (Lipinski definition) is 13. The first-order valence-corrected chi connectivity index (χ1v) is 17.7. The molecule has 0 aliphatic carbocycles. The van der Waals surface area contributed by atoms with Crippen LogP contribution >= 0.6 is 0 Å². The maximum Gasteiger partial charge on any atom is 0.335 e. The Morgan fingerprint density at radius 1 is 0.833 bits per heavy atom. The lowest BCUT2D eigenvalue weighted by Crippen LogP contribution is -2.68. The third-order valence-electron chi connectivity index (χ3n) is 10.1. The Morgan fingerprint density at radius 3 is 1.89 bits per heavy atom. The van der Waals surface area contributed by atoms with Gasteiger partial charge in [-0.15, -0.1) is 0 Å². The largest absolute Gasteiger partial charge is 0.497 e. The molecule has 1 amide bonds. The first-order chi connectivity index (χ1) is 25.8. The van der Waals surface area contributed by atoms with Gasteiger partial charge in [-0.1, -0.05) is 48.9 Å². The zero-order chi connectivity index (χ0) is 39.3. The Bertz CT molecular complexity index is 1690. The molecule has 2 heterocycles. The molecule has 54 heavy (non-hydrogen) atoms. The number of ether oxygens (including phenoxy) is 6. The molecule has 7 N–H and O–H groups in total. The Balaban J connectivity index is 1.47. The molecule has 15 heteroatoms. The van der Waals surface area contributed by atoms with Crippen molar-refractivity contribution in [1.82, 2.24) is 5.32 Å². The van der Waals surface area contributed by atoms with Crippen LogP contribution in [0.2, 0.25) is 0 Å². The second-order valence-corrected chi connectivity index (χ2v) is 13.5. The Morgan fingerprint density at radius 2 is 1.39 bits per heavy atom. The van der Waals surface area contributed by atoms with E-state index in [1.165, 1.54) is 7.11 Å². The number of methoxy groups -OCH3 is 2. The van der Waals surface area contributed by atoms with Gasteiger partial charge in [-0.2, -0.15) is 0 Å². The van der Waals surface area contributed by atoms with Gasteiger partial charge in [0.05, 0.1) is 31.8 Å². The number of carbonyl (C=O) groups is 2. The highest BCUT2D eigenvalue weighted by atomic mass is 16.7. The molecule has 0 spiro atoms. The summed E-state index contributed by atoms with van der Waals surface area (Å²) in [5.74, 6) is -1.70. The monoisotopic (exact) mass is 755 g/mol. The molecule has 3 aromatic carbocycles. The lowest BCUT2D eigenvalue weighted by atomic mass is 9.74. The van der Waals surface area contributed by atoms with E-state index in [2.05, 4.69) is 5.32 Å². The van der Waals surface area contributed by atoms with Crippen LogP contribution in [0.4, 0.5) is 0 Å². The zero-order valence-corrected chi connectivity index (χ0v) is 30.6. The van der Waals surface area contributed by atoms with Crippen LogP contribution in [0.1, 0.15) is 37.0 Å². The van der Waals surface area contributed by atoms with Gasteiger partial charge in [-0.05, 0) is 67.8 Å². The Kier molecular flexibility index (Phi) is 13.3. The molecule has 2 saturated heterocycles. The van der Waals surface area contributed by atoms with Crippen LogP contribution < -0.4 is 14.8 Å². The molecule has 12 atom stereocenters. The van der Waals surface area contributed by atoms with Crippen molar-refractivity contribution < 1.29 is 68.6 Å². The summed E-state index contributed by atoms with van der Waals surface area (Å²) in [5.41, 5.74) is -0.122. The lowest BCUT2D eigenvalue weighted by Gasteiger charge is -2.47.